The fraction of sp³-hybridized carbons (Fsp3) is 0.533. The molecule has 0 spiro atoms. The lowest BCUT2D eigenvalue weighted by atomic mass is 9.98. The number of rotatable bonds is 2. The molecule has 21 heavy (non-hydrogen) atoms. The van der Waals surface area contributed by atoms with Gasteiger partial charge in [-0.25, -0.2) is 0 Å². The average molecular weight is 300 g/mol. The monoisotopic (exact) mass is 300 g/mol. The minimum absolute atomic E-state index is 0.0851. The van der Waals surface area contributed by atoms with Crippen LogP contribution in [0.25, 0.3) is 0 Å². The summed E-state index contributed by atoms with van der Waals surface area (Å²) in [5.74, 6) is 0.219. The SMILES string of the molecule is CNc1c(C(=O)N2CCC(C)CC2)cccc1C(F)(F)F. The Balaban J connectivity index is 2.33. The zero-order valence-corrected chi connectivity index (χ0v) is 12.1. The molecule has 116 valence electrons. The molecule has 1 heterocycles. The molecule has 3 nitrogen and oxygen atoms in total. The van der Waals surface area contributed by atoms with Gasteiger partial charge in [-0.3, -0.25) is 4.79 Å². The van der Waals surface area contributed by atoms with Crippen LogP contribution in [0.5, 0.6) is 0 Å². The fourth-order valence-corrected chi connectivity index (χ4v) is 2.62. The number of nitrogens with one attached hydrogen (secondary N) is 1. The van der Waals surface area contributed by atoms with Gasteiger partial charge >= 0.3 is 6.18 Å². The number of nitrogens with zero attached hydrogens (tertiary/aromatic N) is 1. The van der Waals surface area contributed by atoms with Crippen molar-refractivity contribution >= 4 is 11.6 Å². The van der Waals surface area contributed by atoms with Gasteiger partial charge in [0, 0.05) is 20.1 Å². The van der Waals surface area contributed by atoms with Crippen molar-refractivity contribution in [3.8, 4) is 0 Å². The quantitative estimate of drug-likeness (QED) is 0.904. The lowest BCUT2D eigenvalue weighted by molar-refractivity contribution is -0.136. The number of carbonyl (C=O) groups is 1. The fourth-order valence-electron chi connectivity index (χ4n) is 2.62. The van der Waals surface area contributed by atoms with Crippen molar-refractivity contribution in [2.24, 2.45) is 5.92 Å². The Bertz CT molecular complexity index is 520. The molecular weight excluding hydrogens is 281 g/mol. The molecule has 6 heteroatoms. The zero-order chi connectivity index (χ0) is 15.6. The number of benzene rings is 1. The van der Waals surface area contributed by atoms with Crippen molar-refractivity contribution in [2.45, 2.75) is 25.9 Å². The summed E-state index contributed by atoms with van der Waals surface area (Å²) in [4.78, 5) is 14.1. The molecule has 0 atom stereocenters. The van der Waals surface area contributed by atoms with E-state index in [4.69, 9.17) is 0 Å². The maximum absolute atomic E-state index is 13.0. The third kappa shape index (κ3) is 3.31. The standard InChI is InChI=1S/C15H19F3N2O/c1-10-6-8-20(9-7-10)14(21)11-4-3-5-12(13(11)19-2)15(16,17)18/h3-5,10,19H,6-9H2,1-2H3. The molecule has 1 fully saturated rings. The van der Waals surface area contributed by atoms with E-state index in [9.17, 15) is 18.0 Å². The summed E-state index contributed by atoms with van der Waals surface area (Å²) in [6, 6.07) is 3.71. The minimum atomic E-state index is -4.48. The van der Waals surface area contributed by atoms with E-state index < -0.39 is 11.7 Å². The second-order valence-electron chi connectivity index (χ2n) is 5.45. The first kappa shape index (κ1) is 15.7. The highest BCUT2D eigenvalue weighted by Crippen LogP contribution is 2.37. The van der Waals surface area contributed by atoms with Gasteiger partial charge in [-0.05, 0) is 30.9 Å². The lowest BCUT2D eigenvalue weighted by Gasteiger charge is -2.31. The summed E-state index contributed by atoms with van der Waals surface area (Å²) in [7, 11) is 1.40. The number of anilines is 1. The van der Waals surface area contributed by atoms with Crippen LogP contribution in [-0.2, 0) is 6.18 Å². The van der Waals surface area contributed by atoms with E-state index in [2.05, 4.69) is 12.2 Å². The van der Waals surface area contributed by atoms with Crippen LogP contribution in [0.3, 0.4) is 0 Å². The van der Waals surface area contributed by atoms with Gasteiger partial charge in [0.15, 0.2) is 0 Å². The summed E-state index contributed by atoms with van der Waals surface area (Å²) in [6.07, 6.45) is -2.70. The van der Waals surface area contributed by atoms with E-state index in [1.165, 1.54) is 19.2 Å². The van der Waals surface area contributed by atoms with Crippen molar-refractivity contribution in [1.82, 2.24) is 4.90 Å². The van der Waals surface area contributed by atoms with Crippen LogP contribution in [0.1, 0.15) is 35.7 Å². The highest BCUT2D eigenvalue weighted by molar-refractivity contribution is 6.00. The van der Waals surface area contributed by atoms with Gasteiger partial charge in [-0.15, -0.1) is 0 Å². The number of piperidine rings is 1. The number of amides is 1. The summed E-state index contributed by atoms with van der Waals surface area (Å²) < 4.78 is 39.0. The molecule has 1 aromatic rings. The summed E-state index contributed by atoms with van der Waals surface area (Å²) >= 11 is 0. The molecule has 0 saturated carbocycles. The maximum atomic E-state index is 13.0. The van der Waals surface area contributed by atoms with Crippen LogP contribution in [-0.4, -0.2) is 30.9 Å². The Morgan fingerprint density at radius 2 is 1.90 bits per heavy atom. The van der Waals surface area contributed by atoms with E-state index >= 15 is 0 Å². The molecule has 0 aromatic heterocycles. The van der Waals surface area contributed by atoms with Gasteiger partial charge < -0.3 is 10.2 Å². The summed E-state index contributed by atoms with van der Waals surface area (Å²) in [5, 5.41) is 2.53. The van der Waals surface area contributed by atoms with E-state index in [0.717, 1.165) is 18.9 Å². The van der Waals surface area contributed by atoms with Crippen molar-refractivity contribution in [3.63, 3.8) is 0 Å². The number of hydrogen-bond donors (Lipinski definition) is 1. The predicted octanol–water partition coefficient (Wildman–Crippen LogP) is 3.62. The number of para-hydroxylation sites is 1. The van der Waals surface area contributed by atoms with Gasteiger partial charge in [-0.1, -0.05) is 13.0 Å². The molecule has 1 N–H and O–H groups in total. The zero-order valence-electron chi connectivity index (χ0n) is 12.1. The van der Waals surface area contributed by atoms with Crippen LogP contribution in [0.15, 0.2) is 18.2 Å². The molecule has 1 aromatic carbocycles. The van der Waals surface area contributed by atoms with E-state index in [-0.39, 0.29) is 17.2 Å². The predicted molar refractivity (Wildman–Crippen MR) is 75.3 cm³/mol. The third-order valence-corrected chi connectivity index (χ3v) is 3.92. The minimum Gasteiger partial charge on any atom is -0.387 e. The third-order valence-electron chi connectivity index (χ3n) is 3.92. The van der Waals surface area contributed by atoms with Gasteiger partial charge in [-0.2, -0.15) is 13.2 Å². The highest BCUT2D eigenvalue weighted by Gasteiger charge is 2.35. The van der Waals surface area contributed by atoms with E-state index in [1.54, 1.807) is 4.90 Å². The smallest absolute Gasteiger partial charge is 0.387 e. The van der Waals surface area contributed by atoms with Gasteiger partial charge in [0.05, 0.1) is 16.8 Å². The number of likely N-dealkylation sites (tertiary alicyclic amines) is 1. The Hall–Kier alpha value is -1.72. The highest BCUT2D eigenvalue weighted by atomic mass is 19.4. The number of alkyl halides is 3. The van der Waals surface area contributed by atoms with Gasteiger partial charge in [0.25, 0.3) is 5.91 Å². The van der Waals surface area contributed by atoms with Crippen molar-refractivity contribution in [2.75, 3.05) is 25.5 Å². The molecule has 0 aliphatic carbocycles. The second-order valence-corrected chi connectivity index (χ2v) is 5.45. The molecule has 1 aliphatic heterocycles. The van der Waals surface area contributed by atoms with Crippen LogP contribution in [0.2, 0.25) is 0 Å². The van der Waals surface area contributed by atoms with Gasteiger partial charge in [0.2, 0.25) is 0 Å². The molecule has 0 unspecified atom stereocenters. The van der Waals surface area contributed by atoms with Crippen molar-refractivity contribution in [1.29, 1.82) is 0 Å². The molecule has 0 radical (unpaired) electrons. The van der Waals surface area contributed by atoms with Gasteiger partial charge in [0.1, 0.15) is 0 Å². The first-order valence-electron chi connectivity index (χ1n) is 7.01. The van der Waals surface area contributed by atoms with Crippen LogP contribution in [0, 0.1) is 5.92 Å². The molecule has 2 rings (SSSR count). The van der Waals surface area contributed by atoms with Crippen molar-refractivity contribution < 1.29 is 18.0 Å². The normalized spacial score (nSPS) is 16.9. The van der Waals surface area contributed by atoms with Crippen LogP contribution in [0.4, 0.5) is 18.9 Å². The largest absolute Gasteiger partial charge is 0.418 e. The lowest BCUT2D eigenvalue weighted by Crippen LogP contribution is -2.38. The molecular formula is C15H19F3N2O. The maximum Gasteiger partial charge on any atom is 0.418 e. The van der Waals surface area contributed by atoms with E-state index in [0.29, 0.717) is 19.0 Å². The molecule has 1 aliphatic rings. The topological polar surface area (TPSA) is 32.3 Å². The second kappa shape index (κ2) is 5.95. The van der Waals surface area contributed by atoms with Crippen LogP contribution < -0.4 is 5.32 Å². The molecule has 1 saturated heterocycles. The first-order valence-corrected chi connectivity index (χ1v) is 7.01. The number of halogens is 3. The number of hydrogen-bond acceptors (Lipinski definition) is 2. The Morgan fingerprint density at radius 3 is 2.43 bits per heavy atom. The average Bonchev–Trinajstić information content (AvgIpc) is 2.45. The Morgan fingerprint density at radius 1 is 1.29 bits per heavy atom. The van der Waals surface area contributed by atoms with Crippen molar-refractivity contribution in [3.05, 3.63) is 29.3 Å². The summed E-state index contributed by atoms with van der Waals surface area (Å²) in [6.45, 7) is 3.31. The Labute approximate surface area is 122 Å². The summed E-state index contributed by atoms with van der Waals surface area (Å²) in [5.41, 5.74) is -0.864. The Kier molecular flexibility index (Phi) is 4.44. The molecule has 0 bridgehead atoms. The van der Waals surface area contributed by atoms with Crippen LogP contribution >= 0.6 is 0 Å². The number of carbonyl (C=O) groups excluding carboxylic acids is 1. The first-order chi connectivity index (χ1) is 9.84. The van der Waals surface area contributed by atoms with E-state index in [1.807, 2.05) is 0 Å². The molecule has 1 amide bonds.